The molecule has 11 heteroatoms. The third-order valence-electron chi connectivity index (χ3n) is 7.29. The molecule has 5 rings (SSSR count). The monoisotopic (exact) mass is 541 g/mol. The van der Waals surface area contributed by atoms with Gasteiger partial charge in [0.1, 0.15) is 23.2 Å². The van der Waals surface area contributed by atoms with Gasteiger partial charge in [-0.2, -0.15) is 0 Å². The summed E-state index contributed by atoms with van der Waals surface area (Å²) in [6, 6.07) is 13.5. The molecule has 0 amide bonds. The highest BCUT2D eigenvalue weighted by molar-refractivity contribution is 5.72. The molecule has 1 spiro atoms. The van der Waals surface area contributed by atoms with Crippen LogP contribution in [-0.2, 0) is 9.53 Å². The molecule has 2 fully saturated rings. The molecule has 39 heavy (non-hydrogen) atoms. The smallest absolute Gasteiger partial charge is 0.466 e. The highest BCUT2D eigenvalue weighted by Gasteiger charge is 2.44. The number of alkyl halides is 3. The largest absolute Gasteiger partial charge is 0.573 e. The van der Waals surface area contributed by atoms with Crippen LogP contribution in [0, 0.1) is 11.3 Å². The molecule has 1 aliphatic heterocycles. The first-order chi connectivity index (χ1) is 18.7. The number of nitrogens with zero attached hydrogens (tertiary/aromatic N) is 4. The van der Waals surface area contributed by atoms with E-state index in [1.807, 2.05) is 37.3 Å². The Labute approximate surface area is 224 Å². The molecule has 1 N–H and O–H groups in total. The van der Waals surface area contributed by atoms with E-state index in [2.05, 4.69) is 24.9 Å². The van der Waals surface area contributed by atoms with Crippen LogP contribution >= 0.6 is 0 Å². The van der Waals surface area contributed by atoms with Gasteiger partial charge in [-0.05, 0) is 44.1 Å². The minimum Gasteiger partial charge on any atom is -0.466 e. The fraction of sp³-hybridized carbons (Fsp3) is 0.429. The molecule has 0 bridgehead atoms. The predicted octanol–water partition coefficient (Wildman–Crippen LogP) is 6.13. The zero-order chi connectivity index (χ0) is 27.5. The van der Waals surface area contributed by atoms with Crippen LogP contribution in [0.4, 0.5) is 30.6 Å². The van der Waals surface area contributed by atoms with Crippen molar-refractivity contribution in [2.24, 2.45) is 11.3 Å². The second-order valence-corrected chi connectivity index (χ2v) is 10.1. The Bertz CT molecular complexity index is 1310. The van der Waals surface area contributed by atoms with Crippen molar-refractivity contribution in [1.29, 1.82) is 0 Å². The number of ether oxygens (including phenoxy) is 2. The average molecular weight is 542 g/mol. The fourth-order valence-electron chi connectivity index (χ4n) is 5.60. The first-order valence-electron chi connectivity index (χ1n) is 13.1. The number of esters is 1. The Morgan fingerprint density at radius 2 is 1.95 bits per heavy atom. The average Bonchev–Trinajstić information content (AvgIpc) is 3.31. The number of carbonyl (C=O) groups excluding carboxylic acids is 1. The zero-order valence-electron chi connectivity index (χ0n) is 21.6. The van der Waals surface area contributed by atoms with E-state index >= 15 is 0 Å². The number of nitrogens with one attached hydrogen (secondary N) is 1. The van der Waals surface area contributed by atoms with Crippen molar-refractivity contribution in [3.8, 4) is 17.1 Å². The maximum absolute atomic E-state index is 12.7. The summed E-state index contributed by atoms with van der Waals surface area (Å²) in [5.41, 5.74) is 0.810. The SMILES string of the molecule is CCOC(=O)C1CCCC2(CCN(c3cc(Nc4cc(OC(F)(F)F)ccn4)nc(-c4ccccc4)n3)C2)C1. The zero-order valence-corrected chi connectivity index (χ0v) is 21.6. The van der Waals surface area contributed by atoms with Crippen LogP contribution in [0.1, 0.15) is 39.0 Å². The lowest BCUT2D eigenvalue weighted by atomic mass is 9.69. The topological polar surface area (TPSA) is 89.5 Å². The van der Waals surface area contributed by atoms with Gasteiger partial charge in [0, 0.05) is 37.0 Å². The summed E-state index contributed by atoms with van der Waals surface area (Å²) in [5, 5.41) is 3.01. The molecule has 3 aromatic rings. The Morgan fingerprint density at radius 1 is 1.13 bits per heavy atom. The van der Waals surface area contributed by atoms with E-state index < -0.39 is 6.36 Å². The number of rotatable bonds is 7. The molecule has 1 aromatic carbocycles. The predicted molar refractivity (Wildman–Crippen MR) is 140 cm³/mol. The molecular weight excluding hydrogens is 511 g/mol. The molecule has 2 aliphatic rings. The van der Waals surface area contributed by atoms with E-state index in [4.69, 9.17) is 9.72 Å². The lowest BCUT2D eigenvalue weighted by molar-refractivity contribution is -0.274. The van der Waals surface area contributed by atoms with Crippen LogP contribution in [0.15, 0.2) is 54.7 Å². The second kappa shape index (κ2) is 11.1. The number of carbonyl (C=O) groups is 1. The Balaban J connectivity index is 1.41. The van der Waals surface area contributed by atoms with Gasteiger partial charge in [0.25, 0.3) is 0 Å². The molecule has 1 saturated heterocycles. The van der Waals surface area contributed by atoms with Crippen LogP contribution in [0.2, 0.25) is 0 Å². The van der Waals surface area contributed by atoms with Gasteiger partial charge in [-0.3, -0.25) is 4.79 Å². The lowest BCUT2D eigenvalue weighted by Crippen LogP contribution is -2.35. The van der Waals surface area contributed by atoms with Crippen molar-refractivity contribution in [2.45, 2.75) is 45.4 Å². The summed E-state index contributed by atoms with van der Waals surface area (Å²) < 4.78 is 47.5. The molecule has 2 atom stereocenters. The molecule has 3 heterocycles. The van der Waals surface area contributed by atoms with Crippen LogP contribution in [0.25, 0.3) is 11.4 Å². The Hall–Kier alpha value is -3.89. The summed E-state index contributed by atoms with van der Waals surface area (Å²) in [7, 11) is 0. The van der Waals surface area contributed by atoms with Gasteiger partial charge in [-0.1, -0.05) is 36.8 Å². The molecule has 2 unspecified atom stereocenters. The number of hydrogen-bond acceptors (Lipinski definition) is 8. The van der Waals surface area contributed by atoms with Gasteiger partial charge in [-0.15, -0.1) is 13.2 Å². The number of benzene rings is 1. The number of halogens is 3. The van der Waals surface area contributed by atoms with Crippen LogP contribution < -0.4 is 15.0 Å². The van der Waals surface area contributed by atoms with Gasteiger partial charge >= 0.3 is 12.3 Å². The number of hydrogen-bond donors (Lipinski definition) is 1. The van der Waals surface area contributed by atoms with Crippen molar-refractivity contribution in [3.05, 3.63) is 54.7 Å². The van der Waals surface area contributed by atoms with E-state index in [1.165, 1.54) is 12.3 Å². The highest BCUT2D eigenvalue weighted by Crippen LogP contribution is 2.47. The van der Waals surface area contributed by atoms with Crippen molar-refractivity contribution in [2.75, 3.05) is 29.9 Å². The summed E-state index contributed by atoms with van der Waals surface area (Å²) in [5.74, 6) is 1.15. The number of pyridine rings is 1. The van der Waals surface area contributed by atoms with Crippen LogP contribution in [-0.4, -0.2) is 47.0 Å². The second-order valence-electron chi connectivity index (χ2n) is 10.1. The fourth-order valence-corrected chi connectivity index (χ4v) is 5.60. The summed E-state index contributed by atoms with van der Waals surface area (Å²) in [6.07, 6.45) is 1.02. The Kier molecular flexibility index (Phi) is 7.58. The van der Waals surface area contributed by atoms with Crippen molar-refractivity contribution < 1.29 is 27.4 Å². The summed E-state index contributed by atoms with van der Waals surface area (Å²) >= 11 is 0. The summed E-state index contributed by atoms with van der Waals surface area (Å²) in [6.45, 7) is 3.73. The third-order valence-corrected chi connectivity index (χ3v) is 7.29. The van der Waals surface area contributed by atoms with Gasteiger partial charge in [0.15, 0.2) is 5.82 Å². The van der Waals surface area contributed by atoms with Gasteiger partial charge in [-0.25, -0.2) is 15.0 Å². The van der Waals surface area contributed by atoms with Crippen molar-refractivity contribution in [1.82, 2.24) is 15.0 Å². The maximum Gasteiger partial charge on any atom is 0.573 e. The molecule has 8 nitrogen and oxygen atoms in total. The standard InChI is InChI=1S/C28H30F3N5O3/c1-2-38-26(37)20-9-6-11-27(17-20)12-14-36(18-27)24-16-23(34-25(35-24)19-7-4-3-5-8-19)33-22-15-21(10-13-32-22)39-28(29,30)31/h3-5,7-8,10,13,15-16,20H,2,6,9,11-12,14,17-18H2,1H3,(H,32,33,34,35). The van der Waals surface area contributed by atoms with Crippen molar-refractivity contribution >= 4 is 23.4 Å². The van der Waals surface area contributed by atoms with Gasteiger partial charge < -0.3 is 19.7 Å². The van der Waals surface area contributed by atoms with E-state index in [1.54, 1.807) is 6.07 Å². The van der Waals surface area contributed by atoms with E-state index in [-0.39, 0.29) is 28.9 Å². The minimum absolute atomic E-state index is 0.00590. The first kappa shape index (κ1) is 26.7. The van der Waals surface area contributed by atoms with Gasteiger partial charge in [0.05, 0.1) is 12.5 Å². The molecule has 2 aromatic heterocycles. The van der Waals surface area contributed by atoms with E-state index in [0.29, 0.717) is 24.1 Å². The number of aromatic nitrogens is 3. The molecule has 1 aliphatic carbocycles. The Morgan fingerprint density at radius 3 is 2.72 bits per heavy atom. The number of anilines is 3. The summed E-state index contributed by atoms with van der Waals surface area (Å²) in [4.78, 5) is 28.3. The highest BCUT2D eigenvalue weighted by atomic mass is 19.4. The normalized spacial score (nSPS) is 21.1. The van der Waals surface area contributed by atoms with E-state index in [0.717, 1.165) is 56.8 Å². The lowest BCUT2D eigenvalue weighted by Gasteiger charge is -2.37. The molecular formula is C28H30F3N5O3. The van der Waals surface area contributed by atoms with Crippen LogP contribution in [0.5, 0.6) is 5.75 Å². The molecule has 0 radical (unpaired) electrons. The quantitative estimate of drug-likeness (QED) is 0.358. The molecule has 1 saturated carbocycles. The molecule has 206 valence electrons. The van der Waals surface area contributed by atoms with E-state index in [9.17, 15) is 18.0 Å². The first-order valence-corrected chi connectivity index (χ1v) is 13.1. The van der Waals surface area contributed by atoms with Crippen molar-refractivity contribution in [3.63, 3.8) is 0 Å². The van der Waals surface area contributed by atoms with Gasteiger partial charge in [0.2, 0.25) is 0 Å². The maximum atomic E-state index is 12.7. The third kappa shape index (κ3) is 6.58. The minimum atomic E-state index is -4.81. The van der Waals surface area contributed by atoms with Crippen LogP contribution in [0.3, 0.4) is 0 Å².